The van der Waals surface area contributed by atoms with E-state index in [4.69, 9.17) is 14.2 Å². The SMILES string of the molecule is CN1CCN(CCCN(Cc2ccc(C(=O)Nc3ccccc3NC(=O)OC(C)(C)C)cc2)C(=O)Nc2ccc3c(c2)OCCO3)CC1. The van der Waals surface area contributed by atoms with E-state index in [1.807, 2.05) is 18.2 Å². The lowest BCUT2D eigenvalue weighted by molar-refractivity contribution is 0.0635. The van der Waals surface area contributed by atoms with Crippen molar-refractivity contribution in [3.8, 4) is 11.5 Å². The van der Waals surface area contributed by atoms with Crippen molar-refractivity contribution in [2.75, 3.05) is 75.5 Å². The van der Waals surface area contributed by atoms with Gasteiger partial charge >= 0.3 is 12.1 Å². The van der Waals surface area contributed by atoms with Gasteiger partial charge in [0.05, 0.1) is 11.4 Å². The fourth-order valence-electron chi connectivity index (χ4n) is 5.42. The van der Waals surface area contributed by atoms with Crippen LogP contribution in [0.3, 0.4) is 0 Å². The third-order valence-electron chi connectivity index (χ3n) is 7.98. The molecule has 0 radical (unpaired) electrons. The average Bonchev–Trinajstić information content (AvgIpc) is 3.05. The number of benzene rings is 3. The van der Waals surface area contributed by atoms with Crippen molar-refractivity contribution < 1.29 is 28.6 Å². The summed E-state index contributed by atoms with van der Waals surface area (Å²) in [6.07, 6.45) is 0.217. The molecule has 48 heavy (non-hydrogen) atoms. The molecule has 0 aliphatic carbocycles. The molecule has 3 N–H and O–H groups in total. The van der Waals surface area contributed by atoms with Crippen LogP contribution in [-0.4, -0.2) is 97.9 Å². The van der Waals surface area contributed by atoms with Gasteiger partial charge in [-0.05, 0) is 82.7 Å². The fraction of sp³-hybridized carbons (Fsp3) is 0.417. The molecule has 256 valence electrons. The molecule has 2 heterocycles. The molecule has 12 heteroatoms. The molecule has 5 rings (SSSR count). The highest BCUT2D eigenvalue weighted by molar-refractivity contribution is 6.06. The number of anilines is 3. The lowest BCUT2D eigenvalue weighted by Gasteiger charge is -2.33. The molecule has 0 bridgehead atoms. The van der Waals surface area contributed by atoms with Crippen LogP contribution < -0.4 is 25.4 Å². The highest BCUT2D eigenvalue weighted by atomic mass is 16.6. The van der Waals surface area contributed by atoms with Gasteiger partial charge in [-0.25, -0.2) is 9.59 Å². The zero-order valence-corrected chi connectivity index (χ0v) is 28.2. The molecule has 4 amide bonds. The van der Waals surface area contributed by atoms with Crippen LogP contribution in [0, 0.1) is 0 Å². The number of nitrogens with zero attached hydrogens (tertiary/aromatic N) is 3. The van der Waals surface area contributed by atoms with Crippen molar-refractivity contribution in [2.24, 2.45) is 0 Å². The summed E-state index contributed by atoms with van der Waals surface area (Å²) in [5.74, 6) is 0.938. The van der Waals surface area contributed by atoms with Gasteiger partial charge in [-0.15, -0.1) is 0 Å². The number of likely N-dealkylation sites (N-methyl/N-ethyl adjacent to an activating group) is 1. The quantitative estimate of drug-likeness (QED) is 0.253. The Morgan fingerprint density at radius 3 is 2.19 bits per heavy atom. The summed E-state index contributed by atoms with van der Waals surface area (Å²) in [7, 11) is 2.14. The molecular formula is C36H46N6O6. The minimum atomic E-state index is -0.656. The summed E-state index contributed by atoms with van der Waals surface area (Å²) < 4.78 is 16.7. The largest absolute Gasteiger partial charge is 0.486 e. The maximum atomic E-state index is 13.6. The van der Waals surface area contributed by atoms with E-state index in [0.717, 1.165) is 44.7 Å². The number of para-hydroxylation sites is 2. The Labute approximate surface area is 282 Å². The Hall–Kier alpha value is -4.81. The smallest absolute Gasteiger partial charge is 0.412 e. The van der Waals surface area contributed by atoms with Crippen LogP contribution >= 0.6 is 0 Å². The summed E-state index contributed by atoms with van der Waals surface area (Å²) in [5, 5.41) is 8.60. The van der Waals surface area contributed by atoms with Crippen LogP contribution in [0.4, 0.5) is 26.7 Å². The minimum absolute atomic E-state index is 0.221. The molecule has 0 atom stereocenters. The summed E-state index contributed by atoms with van der Waals surface area (Å²) in [6.45, 7) is 12.3. The molecule has 0 aromatic heterocycles. The number of ether oxygens (including phenoxy) is 3. The van der Waals surface area contributed by atoms with Gasteiger partial charge in [0.1, 0.15) is 18.8 Å². The van der Waals surface area contributed by atoms with Crippen molar-refractivity contribution in [1.82, 2.24) is 14.7 Å². The number of nitrogens with one attached hydrogen (secondary N) is 3. The lowest BCUT2D eigenvalue weighted by Crippen LogP contribution is -2.45. The van der Waals surface area contributed by atoms with E-state index in [2.05, 4.69) is 32.8 Å². The molecule has 3 aromatic carbocycles. The predicted octanol–water partition coefficient (Wildman–Crippen LogP) is 5.73. The zero-order chi connectivity index (χ0) is 34.1. The molecule has 2 aliphatic heterocycles. The Kier molecular flexibility index (Phi) is 11.4. The topological polar surface area (TPSA) is 125 Å². The molecule has 1 fully saturated rings. The van der Waals surface area contributed by atoms with Gasteiger partial charge in [-0.1, -0.05) is 24.3 Å². The van der Waals surface area contributed by atoms with Gasteiger partial charge in [0.2, 0.25) is 0 Å². The van der Waals surface area contributed by atoms with Gasteiger partial charge in [0.15, 0.2) is 11.5 Å². The van der Waals surface area contributed by atoms with E-state index in [1.165, 1.54) is 0 Å². The number of urea groups is 1. The van der Waals surface area contributed by atoms with Crippen LogP contribution in [0.5, 0.6) is 11.5 Å². The van der Waals surface area contributed by atoms with Crippen molar-refractivity contribution in [1.29, 1.82) is 0 Å². The highest BCUT2D eigenvalue weighted by Crippen LogP contribution is 2.32. The maximum absolute atomic E-state index is 13.6. The monoisotopic (exact) mass is 658 g/mol. The number of fused-ring (bicyclic) bond motifs is 1. The Morgan fingerprint density at radius 1 is 0.833 bits per heavy atom. The third-order valence-corrected chi connectivity index (χ3v) is 7.98. The van der Waals surface area contributed by atoms with Gasteiger partial charge < -0.3 is 39.5 Å². The fourth-order valence-corrected chi connectivity index (χ4v) is 5.42. The lowest BCUT2D eigenvalue weighted by atomic mass is 10.1. The Balaban J connectivity index is 1.23. The highest BCUT2D eigenvalue weighted by Gasteiger charge is 2.20. The van der Waals surface area contributed by atoms with E-state index in [-0.39, 0.29) is 11.9 Å². The van der Waals surface area contributed by atoms with Crippen molar-refractivity contribution >= 4 is 35.1 Å². The van der Waals surface area contributed by atoms with E-state index < -0.39 is 11.7 Å². The zero-order valence-electron chi connectivity index (χ0n) is 28.2. The Bertz CT molecular complexity index is 1570. The number of carbonyl (C=O) groups excluding carboxylic acids is 3. The van der Waals surface area contributed by atoms with Crippen molar-refractivity contribution in [3.63, 3.8) is 0 Å². The summed E-state index contributed by atoms with van der Waals surface area (Å²) in [4.78, 5) is 45.7. The maximum Gasteiger partial charge on any atom is 0.412 e. The third kappa shape index (κ3) is 10.1. The Morgan fingerprint density at radius 2 is 1.50 bits per heavy atom. The number of hydrogen-bond acceptors (Lipinski definition) is 8. The number of carbonyl (C=O) groups is 3. The summed E-state index contributed by atoms with van der Waals surface area (Å²) in [6, 6.07) is 19.3. The first-order chi connectivity index (χ1) is 23.0. The van der Waals surface area contributed by atoms with Crippen LogP contribution in [-0.2, 0) is 11.3 Å². The second kappa shape index (κ2) is 15.9. The predicted molar refractivity (Wildman–Crippen MR) is 186 cm³/mol. The molecule has 0 unspecified atom stereocenters. The van der Waals surface area contributed by atoms with E-state index in [1.54, 1.807) is 74.2 Å². The van der Waals surface area contributed by atoms with Crippen molar-refractivity contribution in [3.05, 3.63) is 77.9 Å². The number of piperazine rings is 1. The molecule has 0 spiro atoms. The molecule has 1 saturated heterocycles. The van der Waals surface area contributed by atoms with Gasteiger partial charge in [0.25, 0.3) is 5.91 Å². The number of rotatable bonds is 10. The number of amides is 4. The first-order valence-corrected chi connectivity index (χ1v) is 16.4. The average molecular weight is 659 g/mol. The van der Waals surface area contributed by atoms with E-state index in [9.17, 15) is 14.4 Å². The summed E-state index contributed by atoms with van der Waals surface area (Å²) in [5.41, 5.74) is 2.16. The second-order valence-corrected chi connectivity index (χ2v) is 13.0. The first kappa shape index (κ1) is 34.5. The molecule has 3 aromatic rings. The number of hydrogen-bond donors (Lipinski definition) is 3. The van der Waals surface area contributed by atoms with Crippen LogP contribution in [0.1, 0.15) is 43.1 Å². The van der Waals surface area contributed by atoms with Crippen LogP contribution in [0.15, 0.2) is 66.7 Å². The molecular weight excluding hydrogens is 612 g/mol. The standard InChI is InChI=1S/C36H46N6O6/c1-36(2,3)48-35(45)39-30-9-6-5-8-29(30)38-33(43)27-12-10-26(11-13-27)25-42(17-7-16-41-20-18-40(4)19-21-41)34(44)37-28-14-15-31-32(24-28)47-23-22-46-31/h5-6,8-15,24H,7,16-23,25H2,1-4H3,(H,37,44)(H,38,43)(H,39,45). The van der Waals surface area contributed by atoms with E-state index in [0.29, 0.717) is 60.4 Å². The van der Waals surface area contributed by atoms with Crippen LogP contribution in [0.25, 0.3) is 0 Å². The first-order valence-electron chi connectivity index (χ1n) is 16.4. The normalized spacial score (nSPS) is 14.9. The molecule has 2 aliphatic rings. The minimum Gasteiger partial charge on any atom is -0.486 e. The summed E-state index contributed by atoms with van der Waals surface area (Å²) >= 11 is 0. The van der Waals surface area contributed by atoms with Gasteiger partial charge in [-0.3, -0.25) is 10.1 Å². The van der Waals surface area contributed by atoms with Gasteiger partial charge in [0, 0.05) is 56.6 Å². The molecule has 12 nitrogen and oxygen atoms in total. The van der Waals surface area contributed by atoms with Crippen molar-refractivity contribution in [2.45, 2.75) is 39.3 Å². The molecule has 0 saturated carbocycles. The van der Waals surface area contributed by atoms with Gasteiger partial charge in [-0.2, -0.15) is 0 Å². The second-order valence-electron chi connectivity index (χ2n) is 13.0. The van der Waals surface area contributed by atoms with E-state index >= 15 is 0 Å². The van der Waals surface area contributed by atoms with Crippen LogP contribution in [0.2, 0.25) is 0 Å².